The fourth-order valence-corrected chi connectivity index (χ4v) is 6.74. The standard InChI is InChI=1S/C33H39Cl2N3O6.41F2.FH/c1-4-43-33(41)20-9-11-23(12-10-20)44-19-22-15-24(42-3)17-38(22)31(39)14-21-13-28(35)29(16-27(21)34)36-32(40)26-18-37(2)30-8-6-5-7-25(26)30;41*1-2;/h5-8,13,16,18,20,22-24H,4,9-12,14-15,17,19H2,1-3H3,(H,36,40);;;;;;;;;;;;;;;;;;;;;;;;;;;;;;;;;;;;;;;;;;1H/t20?,22-,23?,24-;;;;;;;;;;;;;;;;;;;;;;;;;;;;;;;;;;;;;;;;;;/m0........................................../s1. The van der Waals surface area contributed by atoms with Gasteiger partial charge in [0, 0.05) is 418 Å². The monoisotopic (exact) mass is 2220 g/mol. The lowest BCUT2D eigenvalue weighted by atomic mass is 9.87. The molecule has 9 nitrogen and oxygen atoms in total. The van der Waals surface area contributed by atoms with Crippen LogP contribution in [0.15, 0.2) is 42.6 Å². The molecule has 2 aliphatic rings. The Kier molecular flexibility index (Phi) is 898. The van der Waals surface area contributed by atoms with E-state index in [1.54, 1.807) is 30.3 Å². The second-order valence-electron chi connectivity index (χ2n) is 11.6. The number of benzene rings is 2. The maximum Gasteiger partial charge on any atom is 0.308 e. The third-order valence-electron chi connectivity index (χ3n) is 8.72. The minimum atomic E-state index is -0.302. The van der Waals surface area contributed by atoms with E-state index < -0.39 is 0 Å². The number of nitrogens with zero attached hydrogens (tertiary/aromatic N) is 2. The van der Waals surface area contributed by atoms with Crippen LogP contribution in [0.25, 0.3) is 10.9 Å². The van der Waals surface area contributed by atoms with Crippen molar-refractivity contribution < 1.29 is 408 Å². The first kappa shape index (κ1) is 252. The number of carbonyl (C=O) groups excluding carboxylic acids is 3. The van der Waals surface area contributed by atoms with Gasteiger partial charge in [-0.1, -0.05) is 41.4 Å². The van der Waals surface area contributed by atoms with Crippen molar-refractivity contribution in [3.63, 3.8) is 0 Å². The van der Waals surface area contributed by atoms with E-state index in [0.717, 1.165) is 36.6 Å². The van der Waals surface area contributed by atoms with Gasteiger partial charge in [-0.15, -0.1) is 0 Å². The molecule has 1 saturated heterocycles. The molecule has 3 aromatic rings. The van der Waals surface area contributed by atoms with Crippen molar-refractivity contribution in [1.82, 2.24) is 9.47 Å². The molecule has 0 unspecified atom stereocenters. The van der Waals surface area contributed by atoms with Crippen LogP contribution in [-0.4, -0.2) is 72.4 Å². The second-order valence-corrected chi connectivity index (χ2v) is 12.4. The average Bonchev–Trinajstić information content (AvgIpc) is 1.67. The normalized spacial score (nSPS) is 9.52. The van der Waals surface area contributed by atoms with E-state index in [2.05, 4.69) is 5.32 Å². The number of hydrogen-bond acceptors (Lipinski definition) is 6. The number of para-hydroxylation sites is 1. The largest absolute Gasteiger partial charge is 0.466 e. The number of ether oxygens (including phenoxy) is 3. The summed E-state index contributed by atoms with van der Waals surface area (Å²) in [7, 11) is 3.54. The Morgan fingerprint density at radius 2 is 0.638 bits per heavy atom. The third-order valence-corrected chi connectivity index (χ3v) is 9.38. The fourth-order valence-electron chi connectivity index (χ4n) is 6.28. The number of aryl methyl sites for hydroxylation is 1. The summed E-state index contributed by atoms with van der Waals surface area (Å²) < 4.78 is 675. The van der Waals surface area contributed by atoms with Crippen molar-refractivity contribution in [3.8, 4) is 0 Å². The van der Waals surface area contributed by atoms with Crippen LogP contribution in [0.4, 0.5) is 385 Å². The Balaban J connectivity index is -0.0000000224. The second kappa shape index (κ2) is 452. The molecule has 2 aromatic carbocycles. The zero-order valence-electron chi connectivity index (χ0n) is 56.7. The van der Waals surface area contributed by atoms with Crippen LogP contribution in [0.3, 0.4) is 0 Å². The molecule has 1 aliphatic heterocycles. The lowest BCUT2D eigenvalue weighted by molar-refractivity contribution is -0.150. The van der Waals surface area contributed by atoms with Crippen molar-refractivity contribution in [2.45, 2.75) is 63.7 Å². The molecule has 1 aliphatic carbocycles. The van der Waals surface area contributed by atoms with Crippen LogP contribution in [0, 0.1) is 5.92 Å². The van der Waals surface area contributed by atoms with Crippen LogP contribution < -0.4 is 5.32 Å². The summed E-state index contributed by atoms with van der Waals surface area (Å²) in [5.41, 5.74) is 2.41. The molecule has 0 bridgehead atoms. The number of likely N-dealkylation sites (tertiary alicyclic amines) is 1. The van der Waals surface area contributed by atoms with E-state index in [4.69, 9.17) is 412 Å². The van der Waals surface area contributed by atoms with Crippen LogP contribution in [0.2, 0.25) is 10.0 Å². The minimum absolute atomic E-state index is 0. The smallest absolute Gasteiger partial charge is 0.308 e. The summed E-state index contributed by atoms with van der Waals surface area (Å²) in [5, 5.41) is 4.33. The van der Waals surface area contributed by atoms with Crippen molar-refractivity contribution in [3.05, 3.63) is 63.8 Å². The molecule has 0 spiro atoms. The third kappa shape index (κ3) is 230. The maximum atomic E-state index is 13.5. The highest BCUT2D eigenvalue weighted by molar-refractivity contribution is 6.36. The number of amides is 2. The first-order valence-corrected chi connectivity index (χ1v) is 21.7. The van der Waals surface area contributed by atoms with Crippen LogP contribution >= 0.6 is 23.2 Å². The number of halogens is 85. The number of aromatic nitrogens is 1. The maximum absolute atomic E-state index is 13.5. The molecule has 1 aromatic heterocycles. The summed E-state index contributed by atoms with van der Waals surface area (Å²) in [5.74, 6) is -0.592. The topological polar surface area (TPSA) is 99.1 Å². The molecule has 818 valence electrons. The van der Waals surface area contributed by atoms with Crippen LogP contribution in [0.5, 0.6) is 0 Å². The van der Waals surface area contributed by atoms with Gasteiger partial charge >= 0.3 is 5.97 Å². The van der Waals surface area contributed by atoms with Gasteiger partial charge < -0.3 is 29.0 Å². The van der Waals surface area contributed by atoms with E-state index in [1.807, 2.05) is 42.8 Å². The summed E-state index contributed by atoms with van der Waals surface area (Å²) in [6.45, 7) is 3.07. The van der Waals surface area contributed by atoms with Crippen LogP contribution in [-0.2, 0) is 37.3 Å². The Morgan fingerprint density at radius 3 is 0.890 bits per heavy atom. The van der Waals surface area contributed by atoms with Gasteiger partial charge in [0.2, 0.25) is 5.91 Å². The number of nitrogens with one attached hydrogen (secondary N) is 1. The van der Waals surface area contributed by atoms with Crippen molar-refractivity contribution in [2.24, 2.45) is 13.0 Å². The minimum Gasteiger partial charge on any atom is -0.466 e. The number of anilines is 1. The molecule has 2 fully saturated rings. The zero-order chi connectivity index (χ0) is 113. The average molecular weight is 2220 g/mol. The van der Waals surface area contributed by atoms with Gasteiger partial charge in [-0.25, -0.2) is 0 Å². The highest BCUT2D eigenvalue weighted by Gasteiger charge is 2.37. The van der Waals surface area contributed by atoms with Gasteiger partial charge in [-0.05, 0) is 62.8 Å². The Bertz CT molecular complexity index is 1630. The molecule has 2 atom stereocenters. The van der Waals surface area contributed by atoms with E-state index >= 15 is 0 Å². The van der Waals surface area contributed by atoms with Gasteiger partial charge in [0.15, 0.2) is 0 Å². The number of methoxy groups -OCH3 is 1. The molecule has 127 heavy (non-hydrogen) atoms. The van der Waals surface area contributed by atoms with E-state index in [9.17, 15) is 14.4 Å². The highest BCUT2D eigenvalue weighted by Crippen LogP contribution is 2.33. The SMILES string of the molecule is CCOC(=O)C1CCC(OC[C@@H]2C[C@H](OC)CN2C(=O)Cc2cc(Cl)c(NC(=O)c3cn(C)c4ccccc34)cc2Cl)CC1.F.FF.FF.FF.FF.FF.FF.FF.FF.FF.FF.FF.FF.FF.FF.FF.FF.FF.FF.FF.FF.FF.FF.FF.FF.FF.FF.FF.FF.FF.FF.FF.FF.FF.FF.FF.FF.FF.FF.FF.FF.FF. The predicted molar refractivity (Wildman–Crippen MR) is 264 cm³/mol. The molecule has 0 radical (unpaired) electrons. The number of rotatable bonds is 10. The van der Waals surface area contributed by atoms with Gasteiger partial charge in [0.25, 0.3) is 5.91 Å². The molecule has 2 heterocycles. The number of fused-ring (bicyclic) bond motifs is 1. The fraction of sp³-hybridized carbons (Fsp3) is 0.485. The summed E-state index contributed by atoms with van der Waals surface area (Å²) >= 11 is 13.2. The van der Waals surface area contributed by atoms with E-state index in [0.29, 0.717) is 53.0 Å². The van der Waals surface area contributed by atoms with Gasteiger partial charge in [-0.3, -0.25) is 19.1 Å². The zero-order valence-corrected chi connectivity index (χ0v) is 58.2. The number of carbonyl (C=O) groups is 3. The molecular weight excluding hydrogens is 2180 g/mol. The van der Waals surface area contributed by atoms with Crippen molar-refractivity contribution >= 4 is 57.6 Å². The quantitative estimate of drug-likeness (QED) is 0.160. The lowest BCUT2D eigenvalue weighted by Crippen LogP contribution is -2.40. The Labute approximate surface area is 649 Å². The number of hydrogen-bond donors (Lipinski definition) is 1. The Morgan fingerprint density at radius 1 is 0.378 bits per heavy atom. The highest BCUT2D eigenvalue weighted by atomic mass is 35.5. The number of esters is 1. The lowest BCUT2D eigenvalue weighted by Gasteiger charge is -2.30. The van der Waals surface area contributed by atoms with Crippen molar-refractivity contribution in [2.75, 3.05) is 32.2 Å². The van der Waals surface area contributed by atoms with Crippen molar-refractivity contribution in [1.29, 1.82) is 0 Å². The van der Waals surface area contributed by atoms with Gasteiger partial charge in [0.1, 0.15) is 0 Å². The Hall–Kier alpha value is -8.92. The van der Waals surface area contributed by atoms with Gasteiger partial charge in [-0.2, -0.15) is 0 Å². The molecule has 1 N–H and O–H groups in total. The summed E-state index contributed by atoms with van der Waals surface area (Å²) in [6, 6.07) is 10.8. The molecule has 1 saturated carbocycles. The summed E-state index contributed by atoms with van der Waals surface area (Å²) in [6.07, 6.45) is 5.53. The first-order chi connectivity index (χ1) is 62.2. The first-order valence-electron chi connectivity index (χ1n) is 21.0. The van der Waals surface area contributed by atoms with E-state index in [1.165, 1.54) is 0 Å². The molecule has 5 rings (SSSR count). The van der Waals surface area contributed by atoms with Gasteiger partial charge in [0.05, 0.1) is 60.1 Å². The summed E-state index contributed by atoms with van der Waals surface area (Å²) in [4.78, 5) is 40.6. The van der Waals surface area contributed by atoms with E-state index in [-0.39, 0.29) is 53.1 Å². The van der Waals surface area contributed by atoms with Crippen LogP contribution in [0.1, 0.15) is 54.9 Å². The predicted octanol–water partition coefficient (Wildman–Crippen LogP) is 40.6. The molecule has 94 heteroatoms. The molecular formula is C33H40Cl2F83N3O6. The molecule has 2 amide bonds.